The largest absolute Gasteiger partial charge is 0.339 e. The Morgan fingerprint density at radius 2 is 2.11 bits per heavy atom. The Hall–Kier alpha value is -0.940. The van der Waals surface area contributed by atoms with Crippen molar-refractivity contribution in [1.29, 1.82) is 0 Å². The number of nitrogens with one attached hydrogen (secondary N) is 1. The molecule has 0 bridgehead atoms. The van der Waals surface area contributed by atoms with Crippen molar-refractivity contribution in [3.8, 4) is 0 Å². The molecule has 0 radical (unpaired) electrons. The Bertz CT molecular complexity index is 388. The lowest BCUT2D eigenvalue weighted by Gasteiger charge is -2.25. The van der Waals surface area contributed by atoms with E-state index >= 15 is 0 Å². The van der Waals surface area contributed by atoms with Crippen LogP contribution < -0.4 is 5.32 Å². The fourth-order valence-corrected chi connectivity index (χ4v) is 2.42. The van der Waals surface area contributed by atoms with Gasteiger partial charge < -0.3 is 9.84 Å². The summed E-state index contributed by atoms with van der Waals surface area (Å²) < 4.78 is 5.34. The van der Waals surface area contributed by atoms with Crippen LogP contribution in [0.1, 0.15) is 51.7 Å². The second kappa shape index (κ2) is 6.01. The highest BCUT2D eigenvalue weighted by molar-refractivity contribution is 4.98. The molecule has 5 nitrogen and oxygen atoms in total. The number of hydrogen-bond donors (Lipinski definition) is 1. The minimum absolute atomic E-state index is 0.0734. The van der Waals surface area contributed by atoms with Crippen LogP contribution in [0.3, 0.4) is 0 Å². The van der Waals surface area contributed by atoms with Crippen molar-refractivity contribution in [2.75, 3.05) is 20.1 Å². The van der Waals surface area contributed by atoms with E-state index in [1.54, 1.807) is 0 Å². The first-order valence-electron chi connectivity index (χ1n) is 7.21. The van der Waals surface area contributed by atoms with E-state index < -0.39 is 0 Å². The second-order valence-corrected chi connectivity index (χ2v) is 6.52. The van der Waals surface area contributed by atoms with Gasteiger partial charge in [0.05, 0.1) is 6.54 Å². The zero-order valence-electron chi connectivity index (χ0n) is 12.6. The van der Waals surface area contributed by atoms with Crippen molar-refractivity contribution in [1.82, 2.24) is 20.4 Å². The topological polar surface area (TPSA) is 54.2 Å². The van der Waals surface area contributed by atoms with Gasteiger partial charge in [0.15, 0.2) is 5.82 Å². The summed E-state index contributed by atoms with van der Waals surface area (Å²) in [7, 11) is 2.16. The van der Waals surface area contributed by atoms with E-state index in [0.29, 0.717) is 6.04 Å². The third-order valence-electron chi connectivity index (χ3n) is 3.67. The van der Waals surface area contributed by atoms with Crippen LogP contribution >= 0.6 is 0 Å². The van der Waals surface area contributed by atoms with Crippen LogP contribution in [-0.2, 0) is 12.0 Å². The summed E-state index contributed by atoms with van der Waals surface area (Å²) >= 11 is 0. The lowest BCUT2D eigenvalue weighted by Crippen LogP contribution is -2.32. The van der Waals surface area contributed by atoms with Crippen molar-refractivity contribution in [3.63, 3.8) is 0 Å². The summed E-state index contributed by atoms with van der Waals surface area (Å²) in [6.07, 6.45) is 3.68. The molecule has 19 heavy (non-hydrogen) atoms. The predicted molar refractivity (Wildman–Crippen MR) is 75.0 cm³/mol. The smallest absolute Gasteiger partial charge is 0.232 e. The first-order valence-corrected chi connectivity index (χ1v) is 7.21. The minimum atomic E-state index is -0.0734. The van der Waals surface area contributed by atoms with Crippen molar-refractivity contribution >= 4 is 0 Å². The predicted octanol–water partition coefficient (Wildman–Crippen LogP) is 1.94. The molecule has 0 spiro atoms. The SMILES string of the molecule is CN(Cc1noc(C(C)(C)C)n1)C1CCCNCC1. The lowest BCUT2D eigenvalue weighted by atomic mass is 9.97. The van der Waals surface area contributed by atoms with E-state index in [2.05, 4.69) is 48.2 Å². The Kier molecular flexibility index (Phi) is 4.58. The van der Waals surface area contributed by atoms with Gasteiger partial charge in [0.25, 0.3) is 0 Å². The van der Waals surface area contributed by atoms with Gasteiger partial charge in [-0.15, -0.1) is 0 Å². The standard InChI is InChI=1S/C14H26N4O/c1-14(2,3)13-16-12(17-19-13)10-18(4)11-6-5-8-15-9-7-11/h11,15H,5-10H2,1-4H3. The van der Waals surface area contributed by atoms with Gasteiger partial charge in [0.2, 0.25) is 5.89 Å². The van der Waals surface area contributed by atoms with Crippen molar-refractivity contribution in [2.45, 2.75) is 58.0 Å². The van der Waals surface area contributed by atoms with E-state index in [-0.39, 0.29) is 5.41 Å². The number of aromatic nitrogens is 2. The van der Waals surface area contributed by atoms with Crippen molar-refractivity contribution in [2.24, 2.45) is 0 Å². The Morgan fingerprint density at radius 3 is 2.79 bits per heavy atom. The molecule has 0 amide bonds. The summed E-state index contributed by atoms with van der Waals surface area (Å²) in [5.41, 5.74) is -0.0734. The van der Waals surface area contributed by atoms with Crippen LogP contribution in [0.5, 0.6) is 0 Å². The summed E-state index contributed by atoms with van der Waals surface area (Å²) in [5.74, 6) is 1.52. The molecule has 1 atom stereocenters. The quantitative estimate of drug-likeness (QED) is 0.906. The van der Waals surface area contributed by atoms with Crippen LogP contribution in [-0.4, -0.2) is 41.2 Å². The van der Waals surface area contributed by atoms with E-state index in [9.17, 15) is 0 Å². The highest BCUT2D eigenvalue weighted by Gasteiger charge is 2.23. The molecule has 0 saturated carbocycles. The maximum absolute atomic E-state index is 5.34. The van der Waals surface area contributed by atoms with Gasteiger partial charge in [-0.25, -0.2) is 0 Å². The second-order valence-electron chi connectivity index (χ2n) is 6.52. The molecular weight excluding hydrogens is 240 g/mol. The molecule has 108 valence electrons. The van der Waals surface area contributed by atoms with E-state index in [1.807, 2.05) is 0 Å². The highest BCUT2D eigenvalue weighted by atomic mass is 16.5. The van der Waals surface area contributed by atoms with Gasteiger partial charge in [-0.2, -0.15) is 4.98 Å². The van der Waals surface area contributed by atoms with Gasteiger partial charge in [0, 0.05) is 11.5 Å². The third kappa shape index (κ3) is 4.01. The van der Waals surface area contributed by atoms with E-state index in [1.165, 1.54) is 19.3 Å². The molecule has 0 aliphatic carbocycles. The van der Waals surface area contributed by atoms with Gasteiger partial charge in [-0.1, -0.05) is 25.9 Å². The molecule has 2 heterocycles. The van der Waals surface area contributed by atoms with Gasteiger partial charge >= 0.3 is 0 Å². The Morgan fingerprint density at radius 1 is 1.32 bits per heavy atom. The maximum Gasteiger partial charge on any atom is 0.232 e. The average Bonchev–Trinajstić information content (AvgIpc) is 2.63. The Labute approximate surface area is 115 Å². The monoisotopic (exact) mass is 266 g/mol. The minimum Gasteiger partial charge on any atom is -0.339 e. The van der Waals surface area contributed by atoms with E-state index in [0.717, 1.165) is 31.3 Å². The molecule has 0 aromatic carbocycles. The fraction of sp³-hybridized carbons (Fsp3) is 0.857. The molecule has 5 heteroatoms. The molecule has 1 aromatic heterocycles. The van der Waals surface area contributed by atoms with Crippen LogP contribution in [0.25, 0.3) is 0 Å². The Balaban J connectivity index is 1.94. The zero-order valence-corrected chi connectivity index (χ0v) is 12.6. The van der Waals surface area contributed by atoms with Crippen LogP contribution in [0.15, 0.2) is 4.52 Å². The molecule has 1 aromatic rings. The maximum atomic E-state index is 5.34. The van der Waals surface area contributed by atoms with Crippen molar-refractivity contribution < 1.29 is 4.52 Å². The summed E-state index contributed by atoms with van der Waals surface area (Å²) in [6.45, 7) is 9.28. The molecule has 1 aliphatic heterocycles. The van der Waals surface area contributed by atoms with Crippen LogP contribution in [0.2, 0.25) is 0 Å². The van der Waals surface area contributed by atoms with Gasteiger partial charge in [-0.3, -0.25) is 4.90 Å². The first kappa shape index (κ1) is 14.5. The number of hydrogen-bond acceptors (Lipinski definition) is 5. The molecular formula is C14H26N4O. The zero-order chi connectivity index (χ0) is 13.9. The molecule has 1 unspecified atom stereocenters. The molecule has 1 fully saturated rings. The molecule has 2 rings (SSSR count). The highest BCUT2D eigenvalue weighted by Crippen LogP contribution is 2.20. The number of nitrogens with zero attached hydrogens (tertiary/aromatic N) is 3. The molecule has 1 aliphatic rings. The van der Waals surface area contributed by atoms with Gasteiger partial charge in [-0.05, 0) is 39.4 Å². The summed E-state index contributed by atoms with van der Waals surface area (Å²) in [4.78, 5) is 6.86. The number of rotatable bonds is 3. The molecule has 1 N–H and O–H groups in total. The average molecular weight is 266 g/mol. The van der Waals surface area contributed by atoms with E-state index in [4.69, 9.17) is 4.52 Å². The fourth-order valence-electron chi connectivity index (χ4n) is 2.42. The van der Waals surface area contributed by atoms with Crippen molar-refractivity contribution in [3.05, 3.63) is 11.7 Å². The van der Waals surface area contributed by atoms with Crippen LogP contribution in [0.4, 0.5) is 0 Å². The summed E-state index contributed by atoms with van der Waals surface area (Å²) in [5, 5.41) is 7.54. The van der Waals surface area contributed by atoms with Crippen LogP contribution in [0, 0.1) is 0 Å². The first-order chi connectivity index (χ1) is 8.97. The molecule has 1 saturated heterocycles. The summed E-state index contributed by atoms with van der Waals surface area (Å²) in [6, 6.07) is 0.617. The van der Waals surface area contributed by atoms with Gasteiger partial charge in [0.1, 0.15) is 0 Å². The normalized spacial score (nSPS) is 21.6. The third-order valence-corrected chi connectivity index (χ3v) is 3.67. The lowest BCUT2D eigenvalue weighted by molar-refractivity contribution is 0.208.